The summed E-state index contributed by atoms with van der Waals surface area (Å²) in [5, 5.41) is 18.3. The maximum Gasteiger partial charge on any atom is 0.259 e. The normalized spacial score (nSPS) is 29.6. The predicted molar refractivity (Wildman–Crippen MR) is 229 cm³/mol. The number of aryl methyl sites for hydroxylation is 2. The van der Waals surface area contributed by atoms with Crippen LogP contribution in [0.25, 0.3) is 10.9 Å². The molecule has 7 rings (SSSR count). The Labute approximate surface area is 359 Å². The van der Waals surface area contributed by atoms with Gasteiger partial charge in [0.1, 0.15) is 22.9 Å². The van der Waals surface area contributed by atoms with Gasteiger partial charge in [0.05, 0.1) is 40.9 Å². The van der Waals surface area contributed by atoms with E-state index in [4.69, 9.17) is 14.5 Å². The molecule has 7 atom stereocenters. The van der Waals surface area contributed by atoms with E-state index in [1.54, 1.807) is 6.92 Å². The Balaban J connectivity index is 1.21. The van der Waals surface area contributed by atoms with E-state index < -0.39 is 89.6 Å². The minimum Gasteiger partial charge on any atom is -0.483 e. The first-order chi connectivity index (χ1) is 28.5. The quantitative estimate of drug-likeness (QED) is 0.200. The molecule has 61 heavy (non-hydrogen) atoms. The third-order valence-electron chi connectivity index (χ3n) is 13.5. The second-order valence-corrected chi connectivity index (χ2v) is 23.6. The number of ether oxygens (including phenoxy) is 2. The topological polar surface area (TPSA) is 214 Å². The van der Waals surface area contributed by atoms with Crippen molar-refractivity contribution in [2.75, 3.05) is 26.4 Å². The molecular formula is C43H62N6O10S2. The number of sulfonamides is 2. The van der Waals surface area contributed by atoms with Gasteiger partial charge in [0.2, 0.25) is 38.3 Å². The number of fused-ring (bicyclic) bond motifs is 5. The first kappa shape index (κ1) is 45.3. The molecular weight excluding hydrogens is 825 g/mol. The van der Waals surface area contributed by atoms with Crippen LogP contribution >= 0.6 is 0 Å². The summed E-state index contributed by atoms with van der Waals surface area (Å²) in [5.74, 6) is -1.75. The molecule has 5 aliphatic rings. The lowest BCUT2D eigenvalue weighted by molar-refractivity contribution is -0.187. The number of aliphatic hydroxyl groups excluding tert-OH is 1. The smallest absolute Gasteiger partial charge is 0.259 e. The Morgan fingerprint density at radius 3 is 2.52 bits per heavy atom. The number of amides is 3. The Hall–Kier alpha value is -3.68. The number of pyridine rings is 1. The van der Waals surface area contributed by atoms with Crippen molar-refractivity contribution in [1.82, 2.24) is 29.5 Å². The number of nitrogens with one attached hydrogen (secondary N) is 3. The van der Waals surface area contributed by atoms with Crippen LogP contribution in [0.3, 0.4) is 0 Å². The number of rotatable bonds is 10. The number of aliphatic hydroxyl groups is 1. The van der Waals surface area contributed by atoms with Crippen molar-refractivity contribution in [1.29, 1.82) is 0 Å². The van der Waals surface area contributed by atoms with Gasteiger partial charge in [-0.1, -0.05) is 64.0 Å². The van der Waals surface area contributed by atoms with Crippen molar-refractivity contribution in [3.63, 3.8) is 0 Å². The molecule has 336 valence electrons. The molecule has 3 fully saturated rings. The standard InChI is InChI=1S/C43H62N6O10S2/c1-27-35-30(29-16-13-14-17-31(29)44-27)19-20-42(59-35)24-33-36(50)46-43(38(52)47-61(56,57)41(5)21-22-41)23-28(43)15-11-9-8-10-12-18-32(37(51)49(33)26-42)45-39(53)58-34(40(2,3)4)25-48(6)60(7,54)55/h11,13-17,28,32-34,39,45,53H,8-10,12,18-26H2,1-7H3,(H,46,50)(H,47,52)/b15-11-/t28-,32+,33+,34?,39?,42-,43-/m1/s1. The minimum atomic E-state index is -4.02. The maximum absolute atomic E-state index is 15.1. The molecule has 4 N–H and O–H groups in total. The second-order valence-electron chi connectivity index (χ2n) is 19.3. The average molecular weight is 887 g/mol. The van der Waals surface area contributed by atoms with Gasteiger partial charge in [-0.2, -0.15) is 0 Å². The second kappa shape index (κ2) is 16.5. The number of benzene rings is 1. The van der Waals surface area contributed by atoms with E-state index in [0.717, 1.165) is 39.9 Å². The molecule has 2 unspecified atom stereocenters. The number of carbonyl (C=O) groups is 3. The van der Waals surface area contributed by atoms with Crippen molar-refractivity contribution >= 4 is 48.7 Å². The van der Waals surface area contributed by atoms with Crippen LogP contribution in [0.15, 0.2) is 36.4 Å². The number of allylic oxidation sites excluding steroid dienone is 1. The van der Waals surface area contributed by atoms with E-state index in [0.29, 0.717) is 50.0 Å². The van der Waals surface area contributed by atoms with Gasteiger partial charge in [-0.25, -0.2) is 26.1 Å². The fourth-order valence-electron chi connectivity index (χ4n) is 8.92. The van der Waals surface area contributed by atoms with Gasteiger partial charge >= 0.3 is 0 Å². The first-order valence-corrected chi connectivity index (χ1v) is 24.7. The van der Waals surface area contributed by atoms with E-state index in [1.165, 1.54) is 11.9 Å². The Bertz CT molecular complexity index is 2310. The van der Waals surface area contributed by atoms with Gasteiger partial charge in [-0.05, 0) is 76.7 Å². The summed E-state index contributed by atoms with van der Waals surface area (Å²) >= 11 is 0. The van der Waals surface area contributed by atoms with Crippen LogP contribution in [-0.4, -0.2) is 121 Å². The zero-order chi connectivity index (χ0) is 44.3. The van der Waals surface area contributed by atoms with Crippen molar-refractivity contribution in [3.05, 3.63) is 47.7 Å². The number of hydrogen-bond donors (Lipinski definition) is 4. The Morgan fingerprint density at radius 1 is 1.11 bits per heavy atom. The monoisotopic (exact) mass is 886 g/mol. The molecule has 1 aromatic carbocycles. The van der Waals surface area contributed by atoms with Crippen molar-refractivity contribution in [2.24, 2.45) is 11.3 Å². The molecule has 4 heterocycles. The van der Waals surface area contributed by atoms with E-state index in [1.807, 2.05) is 64.1 Å². The van der Waals surface area contributed by atoms with Crippen LogP contribution in [-0.2, 0) is 45.6 Å². The van der Waals surface area contributed by atoms with Crippen LogP contribution in [0, 0.1) is 18.3 Å². The summed E-state index contributed by atoms with van der Waals surface area (Å²) in [6, 6.07) is 5.66. The molecule has 1 saturated heterocycles. The summed E-state index contributed by atoms with van der Waals surface area (Å²) in [5.41, 5.74) is -0.655. The highest BCUT2D eigenvalue weighted by Gasteiger charge is 2.64. The zero-order valence-corrected chi connectivity index (χ0v) is 38.0. The first-order valence-electron chi connectivity index (χ1n) is 21.4. The van der Waals surface area contributed by atoms with Gasteiger partial charge in [-0.15, -0.1) is 0 Å². The average Bonchev–Trinajstić information content (AvgIpc) is 4.07. The third-order valence-corrected chi connectivity index (χ3v) is 16.9. The Morgan fingerprint density at radius 2 is 1.84 bits per heavy atom. The molecule has 0 radical (unpaired) electrons. The highest BCUT2D eigenvalue weighted by molar-refractivity contribution is 7.91. The van der Waals surface area contributed by atoms with E-state index >= 15 is 4.79 Å². The van der Waals surface area contributed by atoms with Crippen LogP contribution < -0.4 is 20.1 Å². The van der Waals surface area contributed by atoms with Crippen LogP contribution in [0.4, 0.5) is 0 Å². The molecule has 18 heteroatoms. The van der Waals surface area contributed by atoms with E-state index in [-0.39, 0.29) is 32.4 Å². The number of carbonyl (C=O) groups excluding carboxylic acids is 3. The molecule has 1 aromatic heterocycles. The molecule has 0 bridgehead atoms. The van der Waals surface area contributed by atoms with Gasteiger partial charge in [0.25, 0.3) is 5.91 Å². The predicted octanol–water partition coefficient (Wildman–Crippen LogP) is 3.16. The van der Waals surface area contributed by atoms with Crippen molar-refractivity contribution in [3.8, 4) is 5.75 Å². The number of likely N-dealkylation sites (N-methyl/N-ethyl adjacent to an activating group) is 1. The van der Waals surface area contributed by atoms with Crippen LogP contribution in [0.1, 0.15) is 103 Å². The zero-order valence-electron chi connectivity index (χ0n) is 36.3. The lowest BCUT2D eigenvalue weighted by Gasteiger charge is -2.37. The van der Waals surface area contributed by atoms with E-state index in [9.17, 15) is 31.5 Å². The van der Waals surface area contributed by atoms with Crippen molar-refractivity contribution < 1.29 is 45.8 Å². The number of hydrogen-bond acceptors (Lipinski definition) is 12. The summed E-state index contributed by atoms with van der Waals surface area (Å²) < 4.78 is 66.6. The summed E-state index contributed by atoms with van der Waals surface area (Å²) in [4.78, 5) is 50.2. The lowest BCUT2D eigenvalue weighted by atomic mass is 9.87. The molecule has 3 aliphatic heterocycles. The molecule has 2 aliphatic carbocycles. The fourth-order valence-corrected chi connectivity index (χ4v) is 10.6. The highest BCUT2D eigenvalue weighted by atomic mass is 32.2. The van der Waals surface area contributed by atoms with Crippen molar-refractivity contribution in [2.45, 2.75) is 146 Å². The van der Waals surface area contributed by atoms with Gasteiger partial charge in [-0.3, -0.25) is 24.4 Å². The van der Waals surface area contributed by atoms with Gasteiger partial charge in [0.15, 0.2) is 0 Å². The van der Waals surface area contributed by atoms with Gasteiger partial charge in [0, 0.05) is 36.9 Å². The molecule has 16 nitrogen and oxygen atoms in total. The molecule has 3 amide bonds. The molecule has 2 saturated carbocycles. The number of para-hydroxylation sites is 1. The summed E-state index contributed by atoms with van der Waals surface area (Å²) in [6.07, 6.45) is 7.67. The number of aromatic nitrogens is 1. The molecule has 2 aromatic rings. The van der Waals surface area contributed by atoms with Crippen LogP contribution in [0.2, 0.25) is 0 Å². The van der Waals surface area contributed by atoms with Gasteiger partial charge < -0.3 is 24.8 Å². The SMILES string of the molecule is Cc1nc2ccccc2c2c1O[C@]1(CC2)C[C@H]2C(=O)N[C@]3(C(=O)NS(=O)(=O)C4(C)CC4)C[C@H]3/C=C\CCCCC[C@H](NC(O)OC(CN(C)S(C)(=O)=O)C(C)(C)C)C(=O)N2C1. The largest absolute Gasteiger partial charge is 0.483 e. The third kappa shape index (κ3) is 9.35. The highest BCUT2D eigenvalue weighted by Crippen LogP contribution is 2.49. The maximum atomic E-state index is 15.1. The fraction of sp³-hybridized carbons (Fsp3) is 0.674. The van der Waals surface area contributed by atoms with E-state index in [2.05, 4.69) is 15.4 Å². The summed E-state index contributed by atoms with van der Waals surface area (Å²) in [7, 11) is -6.16. The number of nitrogens with zero attached hydrogens (tertiary/aromatic N) is 3. The minimum absolute atomic E-state index is 0.0177. The van der Waals surface area contributed by atoms with Crippen LogP contribution in [0.5, 0.6) is 5.75 Å². The lowest BCUT2D eigenvalue weighted by Crippen LogP contribution is -2.59. The summed E-state index contributed by atoms with van der Waals surface area (Å²) in [6.45, 7) is 9.01. The Kier molecular flexibility index (Phi) is 12.2. The molecule has 1 spiro atoms.